The van der Waals surface area contributed by atoms with Gasteiger partial charge in [0.25, 0.3) is 0 Å². The van der Waals surface area contributed by atoms with Crippen LogP contribution in [0.15, 0.2) is 70.9 Å². The number of aromatic nitrogens is 2. The van der Waals surface area contributed by atoms with E-state index in [2.05, 4.69) is 9.71 Å². The predicted molar refractivity (Wildman–Crippen MR) is 185 cm³/mol. The van der Waals surface area contributed by atoms with E-state index in [9.17, 15) is 13.2 Å². The zero-order valence-electron chi connectivity index (χ0n) is 26.7. The monoisotopic (exact) mass is 655 g/mol. The number of aryl methyl sites for hydroxylation is 1. The van der Waals surface area contributed by atoms with Gasteiger partial charge in [0.1, 0.15) is 11.8 Å². The zero-order valence-corrected chi connectivity index (χ0v) is 28.4. The van der Waals surface area contributed by atoms with Gasteiger partial charge in [-0.3, -0.25) is 4.79 Å². The van der Waals surface area contributed by atoms with Crippen molar-refractivity contribution in [1.29, 1.82) is 0 Å². The zero-order chi connectivity index (χ0) is 32.3. The van der Waals surface area contributed by atoms with Crippen LogP contribution in [-0.4, -0.2) is 42.6 Å². The van der Waals surface area contributed by atoms with Crippen LogP contribution in [0.5, 0.6) is 5.88 Å². The molecule has 0 aliphatic heterocycles. The second-order valence-electron chi connectivity index (χ2n) is 11.6. The van der Waals surface area contributed by atoms with E-state index in [1.165, 1.54) is 12.8 Å². The van der Waals surface area contributed by atoms with Crippen molar-refractivity contribution >= 4 is 38.4 Å². The average molecular weight is 656 g/mol. The van der Waals surface area contributed by atoms with Crippen molar-refractivity contribution in [2.45, 2.75) is 105 Å². The van der Waals surface area contributed by atoms with Crippen molar-refractivity contribution in [1.82, 2.24) is 14.7 Å². The van der Waals surface area contributed by atoms with E-state index in [0.717, 1.165) is 40.0 Å². The lowest BCUT2D eigenvalue weighted by Gasteiger charge is -2.12. The fourth-order valence-corrected chi connectivity index (χ4v) is 6.22. The van der Waals surface area contributed by atoms with E-state index in [4.69, 9.17) is 14.5 Å². The Kier molecular flexibility index (Phi) is 15.1. The molecule has 1 fully saturated rings. The van der Waals surface area contributed by atoms with Crippen LogP contribution in [0.3, 0.4) is 0 Å². The number of hydrogen-bond donors (Lipinski definition) is 1. The molecular formula is C35H49N3O5S2. The van der Waals surface area contributed by atoms with E-state index in [0.29, 0.717) is 10.8 Å². The molecule has 2 aromatic heterocycles. The maximum atomic E-state index is 11.6. The number of benzene rings is 2. The molecule has 8 nitrogen and oxygen atoms in total. The van der Waals surface area contributed by atoms with Gasteiger partial charge in [-0.15, -0.1) is 11.3 Å². The Hall–Kier alpha value is -3.34. The molecule has 2 aromatic carbocycles. The molecule has 2 heterocycles. The molecule has 1 aliphatic carbocycles. The van der Waals surface area contributed by atoms with Gasteiger partial charge in [-0.1, -0.05) is 57.2 Å². The summed E-state index contributed by atoms with van der Waals surface area (Å²) in [5, 5.41) is 2.03. The third-order valence-corrected chi connectivity index (χ3v) is 8.97. The van der Waals surface area contributed by atoms with E-state index >= 15 is 0 Å². The number of carbonyl (C=O) groups excluding carboxylic acids is 1. The number of rotatable bonds is 8. The number of esters is 1. The highest BCUT2D eigenvalue weighted by Gasteiger charge is 2.20. The summed E-state index contributed by atoms with van der Waals surface area (Å²) in [6.45, 7) is 13.3. The Morgan fingerprint density at radius 2 is 1.49 bits per heavy atom. The first kappa shape index (κ1) is 37.8. The van der Waals surface area contributed by atoms with Crippen LogP contribution in [0, 0.1) is 12.8 Å². The molecule has 5 rings (SSSR count). The highest BCUT2D eigenvalue weighted by atomic mass is 32.2. The van der Waals surface area contributed by atoms with Crippen LogP contribution >= 0.6 is 11.3 Å². The predicted octanol–water partition coefficient (Wildman–Crippen LogP) is 8.59. The van der Waals surface area contributed by atoms with E-state index in [1.54, 1.807) is 49.4 Å². The highest BCUT2D eigenvalue weighted by Crippen LogP contribution is 2.32. The lowest BCUT2D eigenvalue weighted by molar-refractivity contribution is -0.152. The Bertz CT molecular complexity index is 1560. The molecular weight excluding hydrogens is 607 g/mol. The number of ether oxygens (including phenoxy) is 2. The van der Waals surface area contributed by atoms with Gasteiger partial charge in [-0.25, -0.2) is 23.1 Å². The Balaban J connectivity index is 0.000000243. The second-order valence-corrected chi connectivity index (χ2v) is 14.3. The quantitative estimate of drug-likeness (QED) is 0.189. The van der Waals surface area contributed by atoms with Gasteiger partial charge >= 0.3 is 5.97 Å². The first-order chi connectivity index (χ1) is 20.9. The number of nitrogens with one attached hydrogen (secondary N) is 1. The topological polar surface area (TPSA) is 107 Å². The smallest absolute Gasteiger partial charge is 0.308 e. The largest absolute Gasteiger partial charge is 0.473 e. The minimum absolute atomic E-state index is 0. The number of fused-ring (bicyclic) bond motifs is 1. The van der Waals surface area contributed by atoms with Crippen molar-refractivity contribution in [3.05, 3.63) is 71.6 Å². The van der Waals surface area contributed by atoms with Crippen LogP contribution in [-0.2, 0) is 19.6 Å². The van der Waals surface area contributed by atoms with E-state index < -0.39 is 10.0 Å². The Labute approximate surface area is 273 Å². The Morgan fingerprint density at radius 3 is 2.00 bits per heavy atom. The van der Waals surface area contributed by atoms with E-state index in [-0.39, 0.29) is 37.6 Å². The molecule has 0 unspecified atom stereocenters. The summed E-state index contributed by atoms with van der Waals surface area (Å²) in [5.41, 5.74) is 3.62. The van der Waals surface area contributed by atoms with Crippen LogP contribution < -0.4 is 9.46 Å². The fourth-order valence-electron chi connectivity index (χ4n) is 4.27. The van der Waals surface area contributed by atoms with Crippen LogP contribution in [0.4, 0.5) is 0 Å². The molecule has 1 N–H and O–H groups in total. The third kappa shape index (κ3) is 12.2. The summed E-state index contributed by atoms with van der Waals surface area (Å²) in [7, 11) is -3.33. The third-order valence-electron chi connectivity index (χ3n) is 6.42. The molecule has 0 atom stereocenters. The first-order valence-corrected chi connectivity index (χ1v) is 17.5. The van der Waals surface area contributed by atoms with Crippen molar-refractivity contribution in [2.75, 3.05) is 0 Å². The molecule has 10 heteroatoms. The van der Waals surface area contributed by atoms with Gasteiger partial charge in [-0.2, -0.15) is 0 Å². The minimum atomic E-state index is -3.33. The molecule has 1 saturated carbocycles. The molecule has 0 amide bonds. The van der Waals surface area contributed by atoms with Crippen LogP contribution in [0.2, 0.25) is 0 Å². The molecule has 1 aliphatic rings. The lowest BCUT2D eigenvalue weighted by atomic mass is 10.2. The molecule has 0 saturated heterocycles. The standard InChI is InChI=1S/C15H14N2OS.C10H15NO2S.C9H16O2.CH4/c1-10(2)18-15-14(13-8-5-9-19-13)16-11-6-3-4-7-12(11)17-15;1-8(2)11-14(12,13)10-6-4-9(3)5-7-10;1-7(2)9(10)11-8-5-3-4-6-8;/h3-10H,1-2H3;4-8,11H,1-3H3;7-8H,3-6H2,1-2H3;1H4. The molecule has 0 spiro atoms. The summed E-state index contributed by atoms with van der Waals surface area (Å²) < 4.78 is 36.9. The molecule has 0 radical (unpaired) electrons. The van der Waals surface area contributed by atoms with Gasteiger partial charge < -0.3 is 9.47 Å². The van der Waals surface area contributed by atoms with Gasteiger partial charge in [0.15, 0.2) is 0 Å². The number of sulfonamides is 1. The highest BCUT2D eigenvalue weighted by molar-refractivity contribution is 7.89. The maximum Gasteiger partial charge on any atom is 0.308 e. The molecule has 246 valence electrons. The SMILES string of the molecule is C.CC(C)C(=O)OC1CCCC1.CC(C)Oc1nc2ccccc2nc1-c1cccs1.Cc1ccc(S(=O)(=O)NC(C)C)cc1. The second kappa shape index (κ2) is 18.0. The summed E-state index contributed by atoms with van der Waals surface area (Å²) in [4.78, 5) is 21.8. The van der Waals surface area contributed by atoms with Gasteiger partial charge in [0, 0.05) is 6.04 Å². The normalized spacial score (nSPS) is 13.1. The number of para-hydroxylation sites is 2. The summed E-state index contributed by atoms with van der Waals surface area (Å²) in [5.74, 6) is 0.587. The first-order valence-electron chi connectivity index (χ1n) is 15.1. The summed E-state index contributed by atoms with van der Waals surface area (Å²) in [6.07, 6.45) is 4.88. The average Bonchev–Trinajstić information content (AvgIpc) is 3.68. The van der Waals surface area contributed by atoms with E-state index in [1.807, 2.05) is 76.4 Å². The number of hydrogen-bond acceptors (Lipinski definition) is 8. The van der Waals surface area contributed by atoms with Crippen LogP contribution in [0.25, 0.3) is 21.6 Å². The number of nitrogens with zero attached hydrogens (tertiary/aromatic N) is 2. The lowest BCUT2D eigenvalue weighted by Crippen LogP contribution is -2.30. The van der Waals surface area contributed by atoms with Crippen LogP contribution in [0.1, 0.15) is 80.2 Å². The van der Waals surface area contributed by atoms with Crippen molar-refractivity contribution < 1.29 is 22.7 Å². The molecule has 4 aromatic rings. The summed E-state index contributed by atoms with van der Waals surface area (Å²) in [6, 6.07) is 18.6. The number of carbonyl (C=O) groups is 1. The van der Waals surface area contributed by atoms with Gasteiger partial charge in [0.05, 0.1) is 32.8 Å². The molecule has 0 bridgehead atoms. The maximum absolute atomic E-state index is 11.6. The van der Waals surface area contributed by atoms with Crippen molar-refractivity contribution in [2.24, 2.45) is 5.92 Å². The van der Waals surface area contributed by atoms with Gasteiger partial charge in [-0.05, 0) is 96.0 Å². The van der Waals surface area contributed by atoms with Crippen molar-refractivity contribution in [3.8, 4) is 16.5 Å². The minimum Gasteiger partial charge on any atom is -0.473 e. The van der Waals surface area contributed by atoms with Crippen molar-refractivity contribution in [3.63, 3.8) is 0 Å². The summed E-state index contributed by atoms with van der Waals surface area (Å²) >= 11 is 1.64. The van der Waals surface area contributed by atoms with Gasteiger partial charge in [0.2, 0.25) is 15.9 Å². The molecule has 45 heavy (non-hydrogen) atoms. The fraction of sp³-hybridized carbons (Fsp3) is 0.457. The number of thiophene rings is 1. The Morgan fingerprint density at radius 1 is 0.889 bits per heavy atom.